The molecular formula is C26H22FN3O3. The van der Waals surface area contributed by atoms with Crippen LogP contribution in [0.3, 0.4) is 0 Å². The van der Waals surface area contributed by atoms with Gasteiger partial charge in [0.1, 0.15) is 11.9 Å². The number of hydrogen-bond acceptors (Lipinski definition) is 3. The Bertz CT molecular complexity index is 1360. The Labute approximate surface area is 190 Å². The fourth-order valence-corrected chi connectivity index (χ4v) is 4.55. The van der Waals surface area contributed by atoms with Gasteiger partial charge < -0.3 is 19.9 Å². The summed E-state index contributed by atoms with van der Waals surface area (Å²) >= 11 is 0. The number of urea groups is 1. The van der Waals surface area contributed by atoms with Gasteiger partial charge in [-0.05, 0) is 36.2 Å². The molecule has 2 N–H and O–H groups in total. The minimum absolute atomic E-state index is 0.249. The summed E-state index contributed by atoms with van der Waals surface area (Å²) in [4.78, 5) is 30.6. The number of aromatic amines is 1. The van der Waals surface area contributed by atoms with Crippen molar-refractivity contribution in [1.82, 2.24) is 9.88 Å². The molecule has 33 heavy (non-hydrogen) atoms. The van der Waals surface area contributed by atoms with Gasteiger partial charge in [-0.2, -0.15) is 0 Å². The molecule has 7 heteroatoms. The van der Waals surface area contributed by atoms with Gasteiger partial charge in [0.15, 0.2) is 0 Å². The number of benzene rings is 3. The van der Waals surface area contributed by atoms with Gasteiger partial charge in [0, 0.05) is 28.7 Å². The van der Waals surface area contributed by atoms with E-state index in [0.29, 0.717) is 24.2 Å². The zero-order chi connectivity index (χ0) is 22.9. The topological polar surface area (TPSA) is 74.4 Å². The summed E-state index contributed by atoms with van der Waals surface area (Å²) in [6.07, 6.45) is 0.621. The maximum atomic E-state index is 15.0. The van der Waals surface area contributed by atoms with Crippen LogP contribution in [-0.4, -0.2) is 35.5 Å². The number of rotatable bonds is 3. The van der Waals surface area contributed by atoms with Crippen molar-refractivity contribution in [3.8, 4) is 0 Å². The number of methoxy groups -OCH3 is 1. The number of anilines is 1. The molecule has 0 aliphatic carbocycles. The number of carbonyl (C=O) groups excluding carboxylic acids is 2. The van der Waals surface area contributed by atoms with Gasteiger partial charge in [-0.25, -0.2) is 14.0 Å². The number of ether oxygens (including phenoxy) is 1. The molecule has 4 aromatic rings. The SMILES string of the molecule is COC(=O)c1ccccc1NC(=O)N1CCc2c([nH]c3ccccc23)[C@H]1c1ccccc1F. The Balaban J connectivity index is 1.58. The van der Waals surface area contributed by atoms with Crippen molar-refractivity contribution in [3.63, 3.8) is 0 Å². The number of esters is 1. The molecule has 0 saturated carbocycles. The third-order valence-electron chi connectivity index (χ3n) is 6.07. The number of H-pyrrole nitrogens is 1. The Morgan fingerprint density at radius 1 is 1.03 bits per heavy atom. The van der Waals surface area contributed by atoms with Crippen molar-refractivity contribution in [2.45, 2.75) is 12.5 Å². The lowest BCUT2D eigenvalue weighted by molar-refractivity contribution is 0.0602. The normalized spacial score (nSPS) is 15.2. The molecule has 0 bridgehead atoms. The van der Waals surface area contributed by atoms with Crippen LogP contribution < -0.4 is 5.32 Å². The van der Waals surface area contributed by atoms with E-state index in [2.05, 4.69) is 10.3 Å². The Morgan fingerprint density at radius 2 is 1.76 bits per heavy atom. The summed E-state index contributed by atoms with van der Waals surface area (Å²) < 4.78 is 19.8. The zero-order valence-electron chi connectivity index (χ0n) is 18.0. The first-order valence-electron chi connectivity index (χ1n) is 10.7. The summed E-state index contributed by atoms with van der Waals surface area (Å²) in [6, 6.07) is 20.0. The lowest BCUT2D eigenvalue weighted by Gasteiger charge is -2.36. The minimum Gasteiger partial charge on any atom is -0.465 e. The van der Waals surface area contributed by atoms with Crippen LogP contribution in [-0.2, 0) is 11.2 Å². The summed E-state index contributed by atoms with van der Waals surface area (Å²) in [5, 5.41) is 3.90. The van der Waals surface area contributed by atoms with Crippen molar-refractivity contribution in [2.24, 2.45) is 0 Å². The maximum Gasteiger partial charge on any atom is 0.339 e. The van der Waals surface area contributed by atoms with Gasteiger partial charge in [0.25, 0.3) is 0 Å². The van der Waals surface area contributed by atoms with Gasteiger partial charge in [0.05, 0.1) is 18.4 Å². The third kappa shape index (κ3) is 3.61. The van der Waals surface area contributed by atoms with E-state index in [1.54, 1.807) is 47.4 Å². The summed E-state index contributed by atoms with van der Waals surface area (Å²) in [6.45, 7) is 0.389. The second kappa shape index (κ2) is 8.43. The Hall–Kier alpha value is -4.13. The summed E-state index contributed by atoms with van der Waals surface area (Å²) in [5.41, 5.74) is 3.81. The quantitative estimate of drug-likeness (QED) is 0.424. The van der Waals surface area contributed by atoms with Crippen molar-refractivity contribution in [1.29, 1.82) is 0 Å². The lowest BCUT2D eigenvalue weighted by Crippen LogP contribution is -2.43. The van der Waals surface area contributed by atoms with Gasteiger partial charge in [-0.15, -0.1) is 0 Å². The molecule has 3 aromatic carbocycles. The fraction of sp³-hybridized carbons (Fsp3) is 0.154. The first-order valence-corrected chi connectivity index (χ1v) is 10.7. The van der Waals surface area contributed by atoms with Gasteiger partial charge in [-0.1, -0.05) is 48.5 Å². The van der Waals surface area contributed by atoms with Gasteiger partial charge in [-0.3, -0.25) is 0 Å². The van der Waals surface area contributed by atoms with Crippen molar-refractivity contribution < 1.29 is 18.7 Å². The highest BCUT2D eigenvalue weighted by Gasteiger charge is 2.36. The van der Waals surface area contributed by atoms with Crippen molar-refractivity contribution in [2.75, 3.05) is 19.0 Å². The van der Waals surface area contributed by atoms with E-state index < -0.39 is 18.0 Å². The van der Waals surface area contributed by atoms with Crippen molar-refractivity contribution in [3.05, 3.63) is 101 Å². The Kier molecular flexibility index (Phi) is 5.30. The van der Waals surface area contributed by atoms with E-state index in [-0.39, 0.29) is 11.4 Å². The predicted octanol–water partition coefficient (Wildman–Crippen LogP) is 5.27. The first kappa shape index (κ1) is 20.8. The second-order valence-electron chi connectivity index (χ2n) is 7.90. The third-order valence-corrected chi connectivity index (χ3v) is 6.07. The molecule has 5 rings (SSSR count). The van der Waals surface area contributed by atoms with Crippen LogP contribution in [0.15, 0.2) is 72.8 Å². The second-order valence-corrected chi connectivity index (χ2v) is 7.90. The largest absolute Gasteiger partial charge is 0.465 e. The van der Waals surface area contributed by atoms with Crippen LogP contribution in [0, 0.1) is 5.82 Å². The number of nitrogens with zero attached hydrogens (tertiary/aromatic N) is 1. The highest BCUT2D eigenvalue weighted by Crippen LogP contribution is 2.39. The van der Waals surface area contributed by atoms with Crippen LogP contribution in [0.1, 0.15) is 33.2 Å². The van der Waals surface area contributed by atoms with Crippen LogP contribution in [0.2, 0.25) is 0 Å². The number of aromatic nitrogens is 1. The molecule has 0 saturated heterocycles. The van der Waals surface area contributed by atoms with Gasteiger partial charge >= 0.3 is 12.0 Å². The molecule has 0 spiro atoms. The van der Waals surface area contributed by atoms with E-state index >= 15 is 0 Å². The maximum absolute atomic E-state index is 15.0. The Morgan fingerprint density at radius 3 is 2.58 bits per heavy atom. The van der Waals surface area contributed by atoms with Crippen molar-refractivity contribution >= 4 is 28.6 Å². The number of carbonyl (C=O) groups is 2. The number of amides is 2. The number of halogens is 1. The predicted molar refractivity (Wildman–Crippen MR) is 124 cm³/mol. The minimum atomic E-state index is -0.646. The average Bonchev–Trinajstić information content (AvgIpc) is 3.22. The molecule has 2 heterocycles. The van der Waals surface area contributed by atoms with Gasteiger partial charge in [0.2, 0.25) is 0 Å². The smallest absolute Gasteiger partial charge is 0.339 e. The van der Waals surface area contributed by atoms with Crippen LogP contribution in [0.4, 0.5) is 14.9 Å². The number of para-hydroxylation sites is 2. The molecule has 6 nitrogen and oxygen atoms in total. The summed E-state index contributed by atoms with van der Waals surface area (Å²) in [7, 11) is 1.29. The molecule has 166 valence electrons. The van der Waals surface area contributed by atoms with E-state index in [1.807, 2.05) is 24.3 Å². The number of fused-ring (bicyclic) bond motifs is 3. The molecule has 2 amide bonds. The number of hydrogen-bond donors (Lipinski definition) is 2. The van der Waals surface area contributed by atoms with E-state index in [4.69, 9.17) is 4.74 Å². The van der Waals surface area contributed by atoms with E-state index in [1.165, 1.54) is 13.2 Å². The van der Waals surface area contributed by atoms with Crippen LogP contribution >= 0.6 is 0 Å². The molecular weight excluding hydrogens is 421 g/mol. The zero-order valence-corrected chi connectivity index (χ0v) is 18.0. The van der Waals surface area contributed by atoms with E-state index in [0.717, 1.165) is 22.2 Å². The monoisotopic (exact) mass is 443 g/mol. The fourth-order valence-electron chi connectivity index (χ4n) is 4.55. The highest BCUT2D eigenvalue weighted by molar-refractivity contribution is 6.01. The highest BCUT2D eigenvalue weighted by atomic mass is 19.1. The molecule has 1 aliphatic rings. The molecule has 0 fully saturated rings. The summed E-state index contributed by atoms with van der Waals surface area (Å²) in [5.74, 6) is -0.935. The molecule has 0 radical (unpaired) electrons. The van der Waals surface area contributed by atoms with E-state index in [9.17, 15) is 14.0 Å². The molecule has 1 atom stereocenters. The molecule has 0 unspecified atom stereocenters. The van der Waals surface area contributed by atoms with Crippen LogP contribution in [0.5, 0.6) is 0 Å². The van der Waals surface area contributed by atoms with Crippen LogP contribution in [0.25, 0.3) is 10.9 Å². The molecule has 1 aromatic heterocycles. The molecule has 1 aliphatic heterocycles. The first-order chi connectivity index (χ1) is 16.1. The lowest BCUT2D eigenvalue weighted by atomic mass is 9.92. The number of nitrogens with one attached hydrogen (secondary N) is 2. The average molecular weight is 443 g/mol. The standard InChI is InChI=1S/C26H22FN3O3/c1-33-25(31)19-10-4-7-13-22(19)29-26(32)30-15-14-17-16-8-3-6-12-21(16)28-23(17)24(30)18-9-2-5-11-20(18)27/h2-13,24,28H,14-15H2,1H3,(H,29,32)/t24-/m1/s1.